The third-order valence-electron chi connectivity index (χ3n) is 5.92. The van der Waals surface area contributed by atoms with Gasteiger partial charge < -0.3 is 5.32 Å². The Bertz CT molecular complexity index is 590. The lowest BCUT2D eigenvalue weighted by Gasteiger charge is -2.32. The van der Waals surface area contributed by atoms with E-state index in [4.69, 9.17) is 0 Å². The smallest absolute Gasteiger partial charge is 0.252 e. The largest absolute Gasteiger partial charge is 0.349 e. The van der Waals surface area contributed by atoms with Crippen molar-refractivity contribution in [2.45, 2.75) is 38.1 Å². The van der Waals surface area contributed by atoms with Crippen molar-refractivity contribution in [2.75, 3.05) is 0 Å². The quantitative estimate of drug-likeness (QED) is 0.643. The van der Waals surface area contributed by atoms with Crippen LogP contribution < -0.4 is 5.32 Å². The lowest BCUT2D eigenvalue weighted by atomic mass is 9.79. The molecule has 3 fully saturated rings. The summed E-state index contributed by atoms with van der Waals surface area (Å²) >= 11 is 5.76. The molecule has 3 aliphatic rings. The van der Waals surface area contributed by atoms with Crippen LogP contribution in [0.1, 0.15) is 42.5 Å². The Kier molecular flexibility index (Phi) is 3.81. The number of hydrogen-bond donors (Lipinski definition) is 1. The maximum atomic E-state index is 12.6. The Labute approximate surface area is 147 Å². The van der Waals surface area contributed by atoms with Gasteiger partial charge in [-0.05, 0) is 106 Å². The lowest BCUT2D eigenvalue weighted by Crippen LogP contribution is -2.42. The molecule has 4 heteroatoms. The molecule has 0 spiro atoms. The predicted molar refractivity (Wildman–Crippen MR) is 95.2 cm³/mol. The summed E-state index contributed by atoms with van der Waals surface area (Å²) in [6, 6.07) is 6.35. The minimum atomic E-state index is 0.0903. The second-order valence-corrected chi connectivity index (χ2v) is 8.96. The molecule has 2 nitrogen and oxygen atoms in total. The molecule has 1 aromatic rings. The number of rotatable bonds is 2. The van der Waals surface area contributed by atoms with Gasteiger partial charge in [-0.2, -0.15) is 0 Å². The van der Waals surface area contributed by atoms with E-state index < -0.39 is 0 Å². The van der Waals surface area contributed by atoms with Crippen LogP contribution in [-0.2, 0) is 0 Å². The highest BCUT2D eigenvalue weighted by molar-refractivity contribution is 14.1. The SMILES string of the molecule is O=C(NC1CC2CC1C1CCCC21)c1cc(I)ccc1Br. The Morgan fingerprint density at radius 2 is 2.00 bits per heavy atom. The number of carbonyl (C=O) groups excluding carboxylic acids is 1. The van der Waals surface area contributed by atoms with Gasteiger partial charge in [0.2, 0.25) is 0 Å². The van der Waals surface area contributed by atoms with Crippen molar-refractivity contribution in [3.8, 4) is 0 Å². The van der Waals surface area contributed by atoms with E-state index in [1.54, 1.807) is 0 Å². The van der Waals surface area contributed by atoms with Crippen molar-refractivity contribution >= 4 is 44.4 Å². The van der Waals surface area contributed by atoms with Gasteiger partial charge in [-0.15, -0.1) is 0 Å². The van der Waals surface area contributed by atoms with Crippen LogP contribution in [0.3, 0.4) is 0 Å². The lowest BCUT2D eigenvalue weighted by molar-refractivity contribution is 0.0900. The summed E-state index contributed by atoms with van der Waals surface area (Å²) in [6.45, 7) is 0. The van der Waals surface area contributed by atoms with Crippen molar-refractivity contribution in [3.63, 3.8) is 0 Å². The molecule has 3 saturated carbocycles. The number of halogens is 2. The number of amides is 1. The molecular weight excluding hydrogens is 441 g/mol. The minimum Gasteiger partial charge on any atom is -0.349 e. The van der Waals surface area contributed by atoms with Gasteiger partial charge >= 0.3 is 0 Å². The van der Waals surface area contributed by atoms with E-state index in [1.165, 1.54) is 32.1 Å². The normalized spacial score (nSPS) is 36.8. The first-order valence-electron chi connectivity index (χ1n) is 7.89. The second kappa shape index (κ2) is 5.52. The van der Waals surface area contributed by atoms with Crippen LogP contribution in [0.4, 0.5) is 0 Å². The van der Waals surface area contributed by atoms with Gasteiger partial charge in [-0.1, -0.05) is 6.42 Å². The molecule has 2 bridgehead atoms. The van der Waals surface area contributed by atoms with Gasteiger partial charge in [0, 0.05) is 14.1 Å². The van der Waals surface area contributed by atoms with Crippen LogP contribution in [0.15, 0.2) is 22.7 Å². The summed E-state index contributed by atoms with van der Waals surface area (Å²) in [6.07, 6.45) is 6.80. The van der Waals surface area contributed by atoms with E-state index in [1.807, 2.05) is 18.2 Å². The van der Waals surface area contributed by atoms with Gasteiger partial charge in [-0.25, -0.2) is 0 Å². The van der Waals surface area contributed by atoms with Crippen LogP contribution in [0.5, 0.6) is 0 Å². The average Bonchev–Trinajstić information content (AvgIpc) is 3.13. The average molecular weight is 460 g/mol. The van der Waals surface area contributed by atoms with E-state index in [2.05, 4.69) is 43.8 Å². The van der Waals surface area contributed by atoms with Crippen LogP contribution in [0.25, 0.3) is 0 Å². The summed E-state index contributed by atoms with van der Waals surface area (Å²) in [7, 11) is 0. The molecule has 1 aromatic carbocycles. The van der Waals surface area contributed by atoms with Crippen LogP contribution in [0.2, 0.25) is 0 Å². The van der Waals surface area contributed by atoms with Crippen molar-refractivity contribution in [1.82, 2.24) is 5.32 Å². The van der Waals surface area contributed by atoms with Crippen LogP contribution in [0, 0.1) is 27.2 Å². The van der Waals surface area contributed by atoms with Gasteiger partial charge in [0.15, 0.2) is 0 Å². The molecule has 5 unspecified atom stereocenters. The van der Waals surface area contributed by atoms with Gasteiger partial charge in [0.1, 0.15) is 0 Å². The minimum absolute atomic E-state index is 0.0903. The molecule has 112 valence electrons. The number of hydrogen-bond acceptors (Lipinski definition) is 1. The third kappa shape index (κ3) is 2.46. The van der Waals surface area contributed by atoms with Gasteiger partial charge in [0.25, 0.3) is 5.91 Å². The zero-order chi connectivity index (χ0) is 14.6. The highest BCUT2D eigenvalue weighted by atomic mass is 127. The van der Waals surface area contributed by atoms with Crippen LogP contribution in [-0.4, -0.2) is 11.9 Å². The summed E-state index contributed by atoms with van der Waals surface area (Å²) < 4.78 is 1.99. The van der Waals surface area contributed by atoms with E-state index >= 15 is 0 Å². The fraction of sp³-hybridized carbons (Fsp3) is 0.588. The molecule has 0 radical (unpaired) electrons. The molecule has 0 aliphatic heterocycles. The zero-order valence-electron chi connectivity index (χ0n) is 11.8. The number of nitrogens with one attached hydrogen (secondary N) is 1. The molecular formula is C17H19BrINO. The first-order chi connectivity index (χ1) is 10.1. The molecule has 0 heterocycles. The molecule has 0 saturated heterocycles. The van der Waals surface area contributed by atoms with Crippen molar-refractivity contribution < 1.29 is 4.79 Å². The van der Waals surface area contributed by atoms with E-state index in [0.717, 1.165) is 37.3 Å². The number of fused-ring (bicyclic) bond motifs is 5. The molecule has 0 aromatic heterocycles. The van der Waals surface area contributed by atoms with Crippen molar-refractivity contribution in [2.24, 2.45) is 23.7 Å². The fourth-order valence-electron chi connectivity index (χ4n) is 5.15. The maximum absolute atomic E-state index is 12.6. The topological polar surface area (TPSA) is 29.1 Å². The highest BCUT2D eigenvalue weighted by Gasteiger charge is 2.54. The Hall–Kier alpha value is -0.100. The molecule has 4 rings (SSSR count). The Morgan fingerprint density at radius 1 is 1.19 bits per heavy atom. The number of carbonyl (C=O) groups is 1. The third-order valence-corrected chi connectivity index (χ3v) is 7.28. The van der Waals surface area contributed by atoms with E-state index in [0.29, 0.717) is 6.04 Å². The first kappa shape index (κ1) is 14.5. The summed E-state index contributed by atoms with van der Waals surface area (Å²) in [5.41, 5.74) is 0.771. The first-order valence-corrected chi connectivity index (χ1v) is 9.76. The summed E-state index contributed by atoms with van der Waals surface area (Å²) in [5, 5.41) is 3.34. The monoisotopic (exact) mass is 459 g/mol. The molecule has 5 atom stereocenters. The molecule has 3 aliphatic carbocycles. The standard InChI is InChI=1S/C17H19BrINO/c18-15-5-4-10(19)8-14(15)17(21)20-16-7-9-6-13(16)12-3-1-2-11(9)12/h4-5,8-9,11-13,16H,1-3,6-7H2,(H,20,21). The summed E-state index contributed by atoms with van der Waals surface area (Å²) in [5.74, 6) is 3.59. The molecule has 1 N–H and O–H groups in total. The van der Waals surface area contributed by atoms with Crippen molar-refractivity contribution in [3.05, 3.63) is 31.8 Å². The van der Waals surface area contributed by atoms with Crippen molar-refractivity contribution in [1.29, 1.82) is 0 Å². The Balaban J connectivity index is 1.50. The fourth-order valence-corrected chi connectivity index (χ4v) is 6.07. The summed E-state index contributed by atoms with van der Waals surface area (Å²) in [4.78, 5) is 12.6. The van der Waals surface area contributed by atoms with Gasteiger partial charge in [0.05, 0.1) is 5.56 Å². The zero-order valence-corrected chi connectivity index (χ0v) is 15.6. The second-order valence-electron chi connectivity index (χ2n) is 6.86. The Morgan fingerprint density at radius 3 is 2.86 bits per heavy atom. The molecule has 21 heavy (non-hydrogen) atoms. The van der Waals surface area contributed by atoms with Crippen LogP contribution >= 0.6 is 38.5 Å². The maximum Gasteiger partial charge on any atom is 0.252 e. The van der Waals surface area contributed by atoms with E-state index in [-0.39, 0.29) is 5.91 Å². The van der Waals surface area contributed by atoms with E-state index in [9.17, 15) is 4.79 Å². The van der Waals surface area contributed by atoms with Gasteiger partial charge in [-0.3, -0.25) is 4.79 Å². The number of benzene rings is 1. The highest BCUT2D eigenvalue weighted by Crippen LogP contribution is 2.58. The predicted octanol–water partition coefficient (Wildman–Crippen LogP) is 4.61. The molecule has 1 amide bonds.